The van der Waals surface area contributed by atoms with Gasteiger partial charge in [-0.1, -0.05) is 6.08 Å². The third-order valence-corrected chi connectivity index (χ3v) is 2.88. The summed E-state index contributed by atoms with van der Waals surface area (Å²) in [6.07, 6.45) is 3.72. The minimum absolute atomic E-state index is 0.564. The number of carbonyl (C=O) groups is 1. The van der Waals surface area contributed by atoms with Gasteiger partial charge in [0.1, 0.15) is 11.5 Å². The van der Waals surface area contributed by atoms with Crippen LogP contribution in [0.1, 0.15) is 13.8 Å². The summed E-state index contributed by atoms with van der Waals surface area (Å²) in [6.45, 7) is 3.74. The molecule has 0 aromatic carbocycles. The Morgan fingerprint density at radius 1 is 1.70 bits per heavy atom. The Morgan fingerprint density at radius 3 is 2.60 bits per heavy atom. The number of allylic oxidation sites excluding steroid dienone is 1. The Bertz CT molecular complexity index is 132. The third-order valence-electron chi connectivity index (χ3n) is 1.12. The largest absolute Gasteiger partial charge is 0.504 e. The molecule has 0 saturated carbocycles. The van der Waals surface area contributed by atoms with Gasteiger partial charge in [-0.25, -0.2) is 0 Å². The smallest absolute Gasteiger partial charge is 0.273 e. The van der Waals surface area contributed by atoms with Crippen LogP contribution in [0.25, 0.3) is 0 Å². The van der Waals surface area contributed by atoms with Crippen LogP contribution in [0.5, 0.6) is 0 Å². The molecule has 1 atom stereocenters. The number of hydrogen-bond acceptors (Lipinski definition) is 2. The van der Waals surface area contributed by atoms with Crippen LogP contribution < -0.4 is 5.11 Å². The van der Waals surface area contributed by atoms with Gasteiger partial charge in [-0.15, -0.1) is 0 Å². The molecule has 0 aliphatic carbocycles. The van der Waals surface area contributed by atoms with Crippen LogP contribution in [0.15, 0.2) is 12.2 Å². The van der Waals surface area contributed by atoms with Crippen LogP contribution in [-0.2, 0) is 10.9 Å². The molecule has 0 fully saturated rings. The Balaban J connectivity index is 3.71. The minimum Gasteiger partial charge on any atom is -0.504 e. The van der Waals surface area contributed by atoms with E-state index in [0.29, 0.717) is 11.5 Å². The Labute approximate surface area is 64.3 Å². The molecule has 0 saturated heterocycles. The van der Waals surface area contributed by atoms with Crippen molar-refractivity contribution in [1.29, 1.82) is 0 Å². The van der Waals surface area contributed by atoms with Crippen LogP contribution in [-0.4, -0.2) is 16.8 Å². The van der Waals surface area contributed by atoms with Gasteiger partial charge >= 0.3 is 0 Å². The van der Waals surface area contributed by atoms with E-state index in [-0.39, 0.29) is 0 Å². The summed E-state index contributed by atoms with van der Waals surface area (Å²) in [5, 5.41) is 9.39. The molecular formula is C7H12O2S. The summed E-state index contributed by atoms with van der Waals surface area (Å²) < 4.78 is 0. The second-order valence-corrected chi connectivity index (χ2v) is 4.00. The molecular weight excluding hydrogens is 148 g/mol. The standard InChI is InChI=1S/C7H12O2S/c1-3-5-6-10(4-2)7(8)9/h3,5H,4,6H2,1-2H3/b5-3+. The first kappa shape index (κ1) is 9.56. The highest BCUT2D eigenvalue weighted by Gasteiger charge is 2.14. The van der Waals surface area contributed by atoms with E-state index in [9.17, 15) is 9.90 Å². The highest BCUT2D eigenvalue weighted by Crippen LogP contribution is 1.96. The fraction of sp³-hybridized carbons (Fsp3) is 0.571. The molecule has 10 heavy (non-hydrogen) atoms. The van der Waals surface area contributed by atoms with Gasteiger partial charge in [0, 0.05) is 10.9 Å². The molecule has 0 bridgehead atoms. The summed E-state index contributed by atoms with van der Waals surface area (Å²) in [7, 11) is -0.564. The van der Waals surface area contributed by atoms with E-state index >= 15 is 0 Å². The zero-order valence-electron chi connectivity index (χ0n) is 6.29. The number of carbonyl (C=O) groups excluding carboxylic acids is 1. The molecule has 0 radical (unpaired) electrons. The predicted octanol–water partition coefficient (Wildman–Crippen LogP) is 0.544. The Kier molecular flexibility index (Phi) is 5.12. The fourth-order valence-electron chi connectivity index (χ4n) is 0.516. The third kappa shape index (κ3) is 3.56. The van der Waals surface area contributed by atoms with Gasteiger partial charge in [-0.05, 0) is 19.9 Å². The van der Waals surface area contributed by atoms with Crippen molar-refractivity contribution in [3.8, 4) is 0 Å². The zero-order chi connectivity index (χ0) is 7.98. The van der Waals surface area contributed by atoms with Crippen LogP contribution in [0.4, 0.5) is 4.79 Å². The van der Waals surface area contributed by atoms with E-state index in [1.165, 1.54) is 0 Å². The van der Waals surface area contributed by atoms with E-state index in [4.69, 9.17) is 0 Å². The predicted molar refractivity (Wildman–Crippen MR) is 43.0 cm³/mol. The van der Waals surface area contributed by atoms with Gasteiger partial charge in [0.05, 0.1) is 0 Å². The summed E-state index contributed by atoms with van der Waals surface area (Å²) in [5.41, 5.74) is 0. The molecule has 0 aliphatic rings. The van der Waals surface area contributed by atoms with Crippen molar-refractivity contribution in [3.05, 3.63) is 12.2 Å². The van der Waals surface area contributed by atoms with Crippen molar-refractivity contribution < 1.29 is 9.90 Å². The van der Waals surface area contributed by atoms with Crippen molar-refractivity contribution in [1.82, 2.24) is 0 Å². The van der Waals surface area contributed by atoms with E-state index in [1.54, 1.807) is 0 Å². The van der Waals surface area contributed by atoms with Gasteiger partial charge in [-0.2, -0.15) is 0 Å². The second kappa shape index (κ2) is 5.35. The molecule has 0 heterocycles. The summed E-state index contributed by atoms with van der Waals surface area (Å²) in [5.74, 6) is 1.29. The summed E-state index contributed by atoms with van der Waals surface area (Å²) >= 11 is 0. The van der Waals surface area contributed by atoms with Crippen LogP contribution >= 0.6 is 0 Å². The lowest BCUT2D eigenvalue weighted by atomic mass is 10.6. The lowest BCUT2D eigenvalue weighted by molar-refractivity contribution is -0.233. The molecule has 0 aromatic rings. The first-order valence-corrected chi connectivity index (χ1v) is 4.78. The lowest BCUT2D eigenvalue weighted by Crippen LogP contribution is -2.33. The first-order chi connectivity index (χ1) is 4.72. The monoisotopic (exact) mass is 160 g/mol. The summed E-state index contributed by atoms with van der Waals surface area (Å²) in [4.78, 5) is 10.3. The van der Waals surface area contributed by atoms with Crippen LogP contribution in [0.3, 0.4) is 0 Å². The average molecular weight is 160 g/mol. The summed E-state index contributed by atoms with van der Waals surface area (Å²) in [6, 6.07) is 0. The van der Waals surface area contributed by atoms with Crippen LogP contribution in [0, 0.1) is 0 Å². The second-order valence-electron chi connectivity index (χ2n) is 1.77. The Hall–Kier alpha value is -0.440. The van der Waals surface area contributed by atoms with Crippen molar-refractivity contribution in [3.63, 3.8) is 0 Å². The van der Waals surface area contributed by atoms with E-state index in [2.05, 4.69) is 0 Å². The topological polar surface area (TPSA) is 40.1 Å². The molecule has 3 heteroatoms. The Morgan fingerprint density at radius 2 is 2.30 bits per heavy atom. The minimum atomic E-state index is -0.916. The maximum atomic E-state index is 10.3. The van der Waals surface area contributed by atoms with E-state index in [1.807, 2.05) is 26.0 Å². The van der Waals surface area contributed by atoms with Gasteiger partial charge in [0.2, 0.25) is 0 Å². The van der Waals surface area contributed by atoms with Gasteiger partial charge in [-0.3, -0.25) is 0 Å². The molecule has 0 aliphatic heterocycles. The molecule has 0 amide bonds. The number of carboxylic acid groups (broad SMARTS) is 1. The average Bonchev–Trinajstić information content (AvgIpc) is 1.89. The lowest BCUT2D eigenvalue weighted by Gasteiger charge is -2.01. The van der Waals surface area contributed by atoms with E-state index in [0.717, 1.165) is 0 Å². The maximum absolute atomic E-state index is 10.3. The van der Waals surface area contributed by atoms with Crippen molar-refractivity contribution >= 4 is 16.2 Å². The zero-order valence-corrected chi connectivity index (χ0v) is 7.11. The van der Waals surface area contributed by atoms with E-state index < -0.39 is 16.2 Å². The van der Waals surface area contributed by atoms with Crippen LogP contribution in [0.2, 0.25) is 0 Å². The molecule has 0 spiro atoms. The van der Waals surface area contributed by atoms with Gasteiger partial charge < -0.3 is 9.90 Å². The van der Waals surface area contributed by atoms with Crippen molar-refractivity contribution in [2.45, 2.75) is 13.8 Å². The van der Waals surface area contributed by atoms with Crippen molar-refractivity contribution in [2.75, 3.05) is 11.5 Å². The highest BCUT2D eigenvalue weighted by atomic mass is 32.2. The van der Waals surface area contributed by atoms with Gasteiger partial charge in [0.25, 0.3) is 5.30 Å². The molecule has 0 rings (SSSR count). The van der Waals surface area contributed by atoms with Gasteiger partial charge in [0.15, 0.2) is 0 Å². The number of rotatable bonds is 3. The SMILES string of the molecule is C/C=C/C[S+](CC)C(=O)[O-]. The quantitative estimate of drug-likeness (QED) is 0.446. The molecule has 0 N–H and O–H groups in total. The fourth-order valence-corrected chi connectivity index (χ4v) is 1.55. The molecule has 2 nitrogen and oxygen atoms in total. The molecule has 0 aromatic heterocycles. The molecule has 58 valence electrons. The highest BCUT2D eigenvalue weighted by molar-refractivity contribution is 8.10. The van der Waals surface area contributed by atoms with Crippen molar-refractivity contribution in [2.24, 2.45) is 0 Å². The maximum Gasteiger partial charge on any atom is 0.273 e. The normalized spacial score (nSPS) is 13.8. The first-order valence-electron chi connectivity index (χ1n) is 3.22. The number of hydrogen-bond donors (Lipinski definition) is 0. The molecule has 1 unspecified atom stereocenters.